The van der Waals surface area contributed by atoms with Gasteiger partial charge in [-0.05, 0) is 36.4 Å². The number of anilines is 1. The highest BCUT2D eigenvalue weighted by Gasteiger charge is 2.19. The van der Waals surface area contributed by atoms with Crippen LogP contribution in [0.1, 0.15) is 11.1 Å². The minimum atomic E-state index is -3.79. The van der Waals surface area contributed by atoms with Crippen LogP contribution in [0.2, 0.25) is 5.02 Å². The van der Waals surface area contributed by atoms with Crippen LogP contribution in [-0.2, 0) is 15.6 Å². The number of benzene rings is 2. The van der Waals surface area contributed by atoms with Gasteiger partial charge in [-0.3, -0.25) is 0 Å². The second-order valence-electron chi connectivity index (χ2n) is 4.36. The summed E-state index contributed by atoms with van der Waals surface area (Å²) in [6, 6.07) is 9.30. The maximum absolute atomic E-state index is 13.7. The topological polar surface area (TPSA) is 84.0 Å². The fraction of sp³-hybridized carbons (Fsp3) is 0.0714. The van der Waals surface area contributed by atoms with E-state index in [9.17, 15) is 12.8 Å². The summed E-state index contributed by atoms with van der Waals surface area (Å²) in [6.07, 6.45) is 0. The van der Waals surface area contributed by atoms with Gasteiger partial charge in [0.25, 0.3) is 0 Å². The van der Waals surface area contributed by atoms with E-state index >= 15 is 0 Å². The lowest BCUT2D eigenvalue weighted by Crippen LogP contribution is -2.07. The lowest BCUT2D eigenvalue weighted by molar-refractivity contribution is 0.587. The molecule has 21 heavy (non-hydrogen) atoms. The van der Waals surface area contributed by atoms with Crippen LogP contribution in [0.25, 0.3) is 0 Å². The molecule has 2 aromatic carbocycles. The van der Waals surface area contributed by atoms with Crippen molar-refractivity contribution in [3.05, 3.63) is 58.4 Å². The van der Waals surface area contributed by atoms with Crippen LogP contribution >= 0.6 is 11.6 Å². The average Bonchev–Trinajstić information content (AvgIpc) is 2.44. The van der Waals surface area contributed by atoms with Crippen molar-refractivity contribution >= 4 is 27.1 Å². The van der Waals surface area contributed by atoms with Gasteiger partial charge in [0.2, 0.25) is 0 Å². The van der Waals surface area contributed by atoms with Crippen LogP contribution in [0.15, 0.2) is 41.3 Å². The molecular weight excluding hydrogens is 315 g/mol. The van der Waals surface area contributed by atoms with Crippen molar-refractivity contribution in [1.29, 1.82) is 5.26 Å². The molecule has 0 bridgehead atoms. The SMILES string of the molecule is N#Cc1ccc(F)c(CS(=O)(=O)c2ccc(N)c(Cl)c2)c1. The predicted molar refractivity (Wildman–Crippen MR) is 77.9 cm³/mol. The Balaban J connectivity index is 2.42. The normalized spacial score (nSPS) is 11.1. The Labute approximate surface area is 126 Å². The molecule has 0 saturated carbocycles. The van der Waals surface area contributed by atoms with Gasteiger partial charge in [-0.2, -0.15) is 5.26 Å². The first-order valence-electron chi connectivity index (χ1n) is 5.80. The highest BCUT2D eigenvalue weighted by Crippen LogP contribution is 2.25. The highest BCUT2D eigenvalue weighted by molar-refractivity contribution is 7.90. The van der Waals surface area contributed by atoms with Crippen LogP contribution in [-0.4, -0.2) is 8.42 Å². The number of rotatable bonds is 3. The molecule has 0 heterocycles. The molecule has 0 aliphatic carbocycles. The van der Waals surface area contributed by atoms with Crippen molar-refractivity contribution in [2.45, 2.75) is 10.6 Å². The van der Waals surface area contributed by atoms with Crippen molar-refractivity contribution in [3.8, 4) is 6.07 Å². The van der Waals surface area contributed by atoms with Gasteiger partial charge in [0, 0.05) is 5.56 Å². The van der Waals surface area contributed by atoms with Crippen LogP contribution in [0, 0.1) is 17.1 Å². The Morgan fingerprint density at radius 2 is 1.95 bits per heavy atom. The van der Waals surface area contributed by atoms with Gasteiger partial charge in [-0.15, -0.1) is 0 Å². The summed E-state index contributed by atoms with van der Waals surface area (Å²) in [5.74, 6) is -1.24. The zero-order chi connectivity index (χ0) is 15.6. The monoisotopic (exact) mass is 324 g/mol. The van der Waals surface area contributed by atoms with E-state index in [0.29, 0.717) is 0 Å². The average molecular weight is 325 g/mol. The van der Waals surface area contributed by atoms with Gasteiger partial charge in [0.05, 0.1) is 33.0 Å². The minimum absolute atomic E-state index is 0.0524. The molecule has 2 N–H and O–H groups in total. The highest BCUT2D eigenvalue weighted by atomic mass is 35.5. The van der Waals surface area contributed by atoms with E-state index in [1.807, 2.05) is 6.07 Å². The number of nitriles is 1. The zero-order valence-electron chi connectivity index (χ0n) is 10.7. The number of hydrogen-bond donors (Lipinski definition) is 1. The first kappa shape index (κ1) is 15.3. The number of sulfone groups is 1. The number of halogens is 2. The third-order valence-corrected chi connectivity index (χ3v) is 4.84. The molecule has 0 aromatic heterocycles. The molecule has 108 valence electrons. The lowest BCUT2D eigenvalue weighted by Gasteiger charge is -2.07. The molecule has 0 spiro atoms. The third-order valence-electron chi connectivity index (χ3n) is 2.85. The summed E-state index contributed by atoms with van der Waals surface area (Å²) in [7, 11) is -3.79. The van der Waals surface area contributed by atoms with E-state index < -0.39 is 21.4 Å². The van der Waals surface area contributed by atoms with Crippen LogP contribution in [0.4, 0.5) is 10.1 Å². The number of hydrogen-bond acceptors (Lipinski definition) is 4. The van der Waals surface area contributed by atoms with Gasteiger partial charge in [0.15, 0.2) is 9.84 Å². The molecule has 2 aromatic rings. The predicted octanol–water partition coefficient (Wildman–Crippen LogP) is 2.91. The van der Waals surface area contributed by atoms with E-state index in [0.717, 1.165) is 6.07 Å². The summed E-state index contributed by atoms with van der Waals surface area (Å²) in [4.78, 5) is -0.0524. The van der Waals surface area contributed by atoms with Crippen LogP contribution in [0.5, 0.6) is 0 Å². The molecule has 0 saturated heterocycles. The largest absolute Gasteiger partial charge is 0.398 e. The Kier molecular flexibility index (Phi) is 4.16. The van der Waals surface area contributed by atoms with Gasteiger partial charge in [-0.1, -0.05) is 11.6 Å². The fourth-order valence-electron chi connectivity index (χ4n) is 1.74. The van der Waals surface area contributed by atoms with Crippen molar-refractivity contribution in [2.24, 2.45) is 0 Å². The molecule has 0 aliphatic heterocycles. The summed E-state index contributed by atoms with van der Waals surface area (Å²) in [5, 5.41) is 8.90. The smallest absolute Gasteiger partial charge is 0.182 e. The maximum Gasteiger partial charge on any atom is 0.182 e. The maximum atomic E-state index is 13.7. The molecule has 2 rings (SSSR count). The van der Waals surface area contributed by atoms with E-state index in [4.69, 9.17) is 22.6 Å². The van der Waals surface area contributed by atoms with Gasteiger partial charge >= 0.3 is 0 Å². The quantitative estimate of drug-likeness (QED) is 0.880. The fourth-order valence-corrected chi connectivity index (χ4v) is 3.36. The zero-order valence-corrected chi connectivity index (χ0v) is 12.2. The van der Waals surface area contributed by atoms with E-state index in [-0.39, 0.29) is 26.7 Å². The second-order valence-corrected chi connectivity index (χ2v) is 6.76. The Morgan fingerprint density at radius 3 is 2.57 bits per heavy atom. The van der Waals surface area contributed by atoms with E-state index in [2.05, 4.69) is 0 Å². The molecule has 0 radical (unpaired) electrons. The van der Waals surface area contributed by atoms with Crippen LogP contribution in [0.3, 0.4) is 0 Å². The number of nitrogens with zero attached hydrogens (tertiary/aromatic N) is 1. The first-order valence-corrected chi connectivity index (χ1v) is 7.83. The summed E-state index contributed by atoms with van der Waals surface area (Å²) in [6.45, 7) is 0. The lowest BCUT2D eigenvalue weighted by atomic mass is 10.1. The molecular formula is C14H10ClFN2O2S. The van der Waals surface area contributed by atoms with Crippen molar-refractivity contribution in [1.82, 2.24) is 0 Å². The van der Waals surface area contributed by atoms with Crippen molar-refractivity contribution in [3.63, 3.8) is 0 Å². The molecule has 0 unspecified atom stereocenters. The summed E-state index contributed by atoms with van der Waals surface area (Å²) < 4.78 is 38.2. The first-order chi connectivity index (χ1) is 9.83. The molecule has 0 amide bonds. The minimum Gasteiger partial charge on any atom is -0.398 e. The molecule has 0 fully saturated rings. The molecule has 4 nitrogen and oxygen atoms in total. The number of nitrogens with two attached hydrogens (primary N) is 1. The van der Waals surface area contributed by atoms with E-state index in [1.165, 1.54) is 30.3 Å². The molecule has 0 aliphatic rings. The van der Waals surface area contributed by atoms with Gasteiger partial charge in [0.1, 0.15) is 5.82 Å². The molecule has 0 atom stereocenters. The van der Waals surface area contributed by atoms with Gasteiger partial charge < -0.3 is 5.73 Å². The van der Waals surface area contributed by atoms with Crippen molar-refractivity contribution < 1.29 is 12.8 Å². The summed E-state index contributed by atoms with van der Waals surface area (Å²) in [5.41, 5.74) is 5.91. The Bertz CT molecular complexity index is 845. The standard InChI is InChI=1S/C14H10ClFN2O2S/c15-12-6-11(2-4-14(12)18)21(19,20)8-10-5-9(7-17)1-3-13(10)16/h1-6H,8,18H2. The van der Waals surface area contributed by atoms with Gasteiger partial charge in [-0.25, -0.2) is 12.8 Å². The van der Waals surface area contributed by atoms with E-state index in [1.54, 1.807) is 0 Å². The Morgan fingerprint density at radius 1 is 1.24 bits per heavy atom. The summed E-state index contributed by atoms with van der Waals surface area (Å²) >= 11 is 5.80. The third kappa shape index (κ3) is 3.32. The molecule has 7 heteroatoms. The second kappa shape index (κ2) is 5.72. The van der Waals surface area contributed by atoms with Crippen LogP contribution < -0.4 is 5.73 Å². The van der Waals surface area contributed by atoms with Crippen molar-refractivity contribution in [2.75, 3.05) is 5.73 Å². The Hall–Kier alpha value is -2.10. The number of nitrogen functional groups attached to an aromatic ring is 1.